The number of aryl methyl sites for hydroxylation is 2. The fourth-order valence-electron chi connectivity index (χ4n) is 3.35. The van der Waals surface area contributed by atoms with Crippen molar-refractivity contribution in [3.05, 3.63) is 17.2 Å². The van der Waals surface area contributed by atoms with E-state index in [1.165, 1.54) is 4.31 Å². The van der Waals surface area contributed by atoms with Crippen LogP contribution in [0, 0.1) is 13.8 Å². The second-order valence-corrected chi connectivity index (χ2v) is 8.58. The number of H-pyrrole nitrogens is 1. The lowest BCUT2D eigenvalue weighted by Gasteiger charge is -2.25. The predicted octanol–water partition coefficient (Wildman–Crippen LogP) is 0.350. The lowest BCUT2D eigenvalue weighted by Crippen LogP contribution is -2.41. The number of methoxy groups -OCH3 is 1. The number of carbonyl (C=O) groups is 1. The fourth-order valence-corrected chi connectivity index (χ4v) is 4.81. The lowest BCUT2D eigenvalue weighted by molar-refractivity contribution is -0.132. The molecular weight excluding hydrogens is 332 g/mol. The largest absolute Gasteiger partial charge is 0.380 e. The van der Waals surface area contributed by atoms with E-state index in [-0.39, 0.29) is 30.4 Å². The van der Waals surface area contributed by atoms with Gasteiger partial charge >= 0.3 is 0 Å². The molecular formula is C15H24N4O4S. The smallest absolute Gasteiger partial charge is 0.238 e. The van der Waals surface area contributed by atoms with Crippen LogP contribution in [0.3, 0.4) is 0 Å². The van der Waals surface area contributed by atoms with E-state index in [2.05, 4.69) is 9.97 Å². The van der Waals surface area contributed by atoms with Crippen LogP contribution >= 0.6 is 0 Å². The minimum Gasteiger partial charge on any atom is -0.380 e. The van der Waals surface area contributed by atoms with Gasteiger partial charge < -0.3 is 14.6 Å². The maximum atomic E-state index is 12.7. The highest BCUT2D eigenvalue weighted by atomic mass is 32.2. The first-order chi connectivity index (χ1) is 11.3. The summed E-state index contributed by atoms with van der Waals surface area (Å²) >= 11 is 0. The predicted molar refractivity (Wildman–Crippen MR) is 87.9 cm³/mol. The van der Waals surface area contributed by atoms with Gasteiger partial charge in [-0.25, -0.2) is 13.4 Å². The molecule has 2 fully saturated rings. The Hall–Kier alpha value is -1.45. The first-order valence-corrected chi connectivity index (χ1v) is 9.76. The number of rotatable bonds is 4. The fraction of sp³-hybridized carbons (Fsp3) is 0.733. The molecule has 24 heavy (non-hydrogen) atoms. The monoisotopic (exact) mass is 356 g/mol. The van der Waals surface area contributed by atoms with Crippen molar-refractivity contribution < 1.29 is 17.9 Å². The zero-order valence-corrected chi connectivity index (χ0v) is 15.1. The van der Waals surface area contributed by atoms with E-state index in [0.29, 0.717) is 25.9 Å². The molecule has 0 bridgehead atoms. The van der Waals surface area contributed by atoms with Crippen molar-refractivity contribution in [2.75, 3.05) is 32.5 Å². The van der Waals surface area contributed by atoms with Crippen molar-refractivity contribution in [1.29, 1.82) is 0 Å². The Kier molecular flexibility index (Phi) is 4.67. The van der Waals surface area contributed by atoms with E-state index in [0.717, 1.165) is 17.2 Å². The summed E-state index contributed by atoms with van der Waals surface area (Å²) in [5.74, 6) is 0.667. The zero-order valence-electron chi connectivity index (χ0n) is 14.3. The van der Waals surface area contributed by atoms with Gasteiger partial charge in [0.1, 0.15) is 5.82 Å². The summed E-state index contributed by atoms with van der Waals surface area (Å²) in [6, 6.07) is -0.208. The van der Waals surface area contributed by atoms with Crippen molar-refractivity contribution >= 4 is 15.9 Å². The number of ether oxygens (including phenoxy) is 1. The van der Waals surface area contributed by atoms with E-state index < -0.39 is 10.0 Å². The Morgan fingerprint density at radius 2 is 2.17 bits per heavy atom. The third-order valence-electron chi connectivity index (χ3n) is 4.89. The molecule has 1 aromatic heterocycles. The standard InChI is InChI=1S/C15H24N4O4S/c1-10-11(2)17-15(16-10)13-7-12(23-3)8-19(13)14(20)9-18-5-4-6-24(18,21)22/h12-13H,4-9H2,1-3H3,(H,16,17)/t12-,13+/m1/s1. The van der Waals surface area contributed by atoms with Crippen LogP contribution in [0.1, 0.15) is 36.1 Å². The molecule has 0 unspecified atom stereocenters. The summed E-state index contributed by atoms with van der Waals surface area (Å²) < 4.78 is 30.6. The molecule has 0 saturated carbocycles. The van der Waals surface area contributed by atoms with Crippen molar-refractivity contribution in [3.8, 4) is 0 Å². The van der Waals surface area contributed by atoms with Gasteiger partial charge in [0.15, 0.2) is 0 Å². The van der Waals surface area contributed by atoms with Gasteiger partial charge in [0.25, 0.3) is 0 Å². The molecule has 3 heterocycles. The van der Waals surface area contributed by atoms with Crippen molar-refractivity contribution in [2.24, 2.45) is 0 Å². The molecule has 1 aromatic rings. The Morgan fingerprint density at radius 1 is 1.42 bits per heavy atom. The van der Waals surface area contributed by atoms with Crippen LogP contribution in [0.5, 0.6) is 0 Å². The third kappa shape index (κ3) is 3.20. The van der Waals surface area contributed by atoms with E-state index in [9.17, 15) is 13.2 Å². The van der Waals surface area contributed by atoms with Gasteiger partial charge in [0, 0.05) is 32.3 Å². The number of nitrogens with one attached hydrogen (secondary N) is 1. The number of aromatic nitrogens is 2. The van der Waals surface area contributed by atoms with Gasteiger partial charge in [-0.2, -0.15) is 4.31 Å². The van der Waals surface area contributed by atoms with Crippen molar-refractivity contribution in [3.63, 3.8) is 0 Å². The summed E-state index contributed by atoms with van der Waals surface area (Å²) in [6.45, 7) is 4.62. The van der Waals surface area contributed by atoms with E-state index in [4.69, 9.17) is 4.74 Å². The number of hydrogen-bond acceptors (Lipinski definition) is 5. The Labute approximate surface area is 142 Å². The van der Waals surface area contributed by atoms with E-state index >= 15 is 0 Å². The van der Waals surface area contributed by atoms with Gasteiger partial charge in [-0.15, -0.1) is 0 Å². The zero-order chi connectivity index (χ0) is 17.5. The Bertz CT molecular complexity index is 710. The second kappa shape index (κ2) is 6.45. The lowest BCUT2D eigenvalue weighted by atomic mass is 10.2. The molecule has 2 aliphatic rings. The number of imidazole rings is 1. The number of likely N-dealkylation sites (tertiary alicyclic amines) is 1. The average molecular weight is 356 g/mol. The summed E-state index contributed by atoms with van der Waals surface area (Å²) in [5, 5.41) is 0. The van der Waals surface area contributed by atoms with E-state index in [1.54, 1.807) is 12.0 Å². The molecule has 134 valence electrons. The van der Waals surface area contributed by atoms with Crippen LogP contribution in [0.2, 0.25) is 0 Å². The molecule has 2 aliphatic heterocycles. The summed E-state index contributed by atoms with van der Waals surface area (Å²) in [5.41, 5.74) is 1.88. The number of hydrogen-bond donors (Lipinski definition) is 1. The van der Waals surface area contributed by atoms with Crippen molar-refractivity contribution in [2.45, 2.75) is 38.8 Å². The molecule has 2 saturated heterocycles. The highest BCUT2D eigenvalue weighted by Gasteiger charge is 2.40. The first-order valence-electron chi connectivity index (χ1n) is 8.15. The van der Waals surface area contributed by atoms with Crippen LogP contribution in [0.25, 0.3) is 0 Å². The molecule has 3 rings (SSSR count). The van der Waals surface area contributed by atoms with Crippen LogP contribution in [-0.2, 0) is 19.6 Å². The van der Waals surface area contributed by atoms with Gasteiger partial charge in [0.05, 0.1) is 30.1 Å². The number of sulfonamides is 1. The Balaban J connectivity index is 1.79. The average Bonchev–Trinajstić information content (AvgIpc) is 3.18. The molecule has 8 nitrogen and oxygen atoms in total. The maximum absolute atomic E-state index is 12.7. The normalized spacial score (nSPS) is 27.0. The van der Waals surface area contributed by atoms with Gasteiger partial charge in [-0.05, 0) is 20.3 Å². The second-order valence-electron chi connectivity index (χ2n) is 6.49. The number of nitrogens with zero attached hydrogens (tertiary/aromatic N) is 3. The molecule has 0 aliphatic carbocycles. The molecule has 0 aromatic carbocycles. The van der Waals surface area contributed by atoms with Crippen molar-refractivity contribution in [1.82, 2.24) is 19.2 Å². The molecule has 1 amide bonds. The van der Waals surface area contributed by atoms with Crippen LogP contribution in [0.15, 0.2) is 0 Å². The number of carbonyl (C=O) groups excluding carboxylic acids is 1. The quantitative estimate of drug-likeness (QED) is 0.840. The topological polar surface area (TPSA) is 95.6 Å². The SMILES string of the molecule is CO[C@@H]1C[C@@H](c2nc(C)c(C)[nH]2)N(C(=O)CN2CCCS2(=O)=O)C1. The summed E-state index contributed by atoms with van der Waals surface area (Å²) in [7, 11) is -1.66. The molecule has 0 radical (unpaired) electrons. The molecule has 0 spiro atoms. The maximum Gasteiger partial charge on any atom is 0.238 e. The number of amides is 1. The first kappa shape index (κ1) is 17.4. The van der Waals surface area contributed by atoms with Gasteiger partial charge in [0.2, 0.25) is 15.9 Å². The number of aromatic amines is 1. The summed E-state index contributed by atoms with van der Waals surface area (Å²) in [6.07, 6.45) is 1.16. The minimum absolute atomic E-state index is 0.0696. The van der Waals surface area contributed by atoms with Gasteiger partial charge in [-0.1, -0.05) is 0 Å². The van der Waals surface area contributed by atoms with Crippen LogP contribution in [0.4, 0.5) is 0 Å². The third-order valence-corrected chi connectivity index (χ3v) is 6.80. The van der Waals surface area contributed by atoms with Crippen LogP contribution in [-0.4, -0.2) is 72.1 Å². The molecule has 1 N–H and O–H groups in total. The van der Waals surface area contributed by atoms with E-state index in [1.807, 2.05) is 13.8 Å². The minimum atomic E-state index is -3.28. The highest BCUT2D eigenvalue weighted by Crippen LogP contribution is 2.32. The molecule has 9 heteroatoms. The summed E-state index contributed by atoms with van der Waals surface area (Å²) in [4.78, 5) is 22.2. The van der Waals surface area contributed by atoms with Gasteiger partial charge in [-0.3, -0.25) is 4.79 Å². The highest BCUT2D eigenvalue weighted by molar-refractivity contribution is 7.89. The van der Waals surface area contributed by atoms with Crippen LogP contribution < -0.4 is 0 Å². The molecule has 2 atom stereocenters. The Morgan fingerprint density at radius 3 is 2.71 bits per heavy atom.